The number of thioether (sulfide) groups is 1. The largest absolute Gasteiger partial charge is 0.467 e. The van der Waals surface area contributed by atoms with E-state index in [2.05, 4.69) is 20.2 Å². The van der Waals surface area contributed by atoms with Crippen molar-refractivity contribution in [2.75, 3.05) is 30.6 Å². The predicted molar refractivity (Wildman–Crippen MR) is 137 cm³/mol. The van der Waals surface area contributed by atoms with Crippen molar-refractivity contribution in [1.29, 1.82) is 0 Å². The van der Waals surface area contributed by atoms with Crippen LogP contribution in [0.5, 0.6) is 0 Å². The van der Waals surface area contributed by atoms with Crippen LogP contribution in [0.1, 0.15) is 23.7 Å². The maximum absolute atomic E-state index is 13.3. The lowest BCUT2D eigenvalue weighted by Crippen LogP contribution is -2.42. The van der Waals surface area contributed by atoms with Gasteiger partial charge in [-0.2, -0.15) is 11.8 Å². The van der Waals surface area contributed by atoms with Gasteiger partial charge < -0.3 is 19.9 Å². The zero-order valence-electron chi connectivity index (χ0n) is 18.9. The summed E-state index contributed by atoms with van der Waals surface area (Å²) in [6, 6.07) is 14.7. The Bertz CT molecular complexity index is 1030. The second kappa shape index (κ2) is 12.9. The van der Waals surface area contributed by atoms with E-state index in [4.69, 9.17) is 4.74 Å². The van der Waals surface area contributed by atoms with Crippen LogP contribution in [0.3, 0.4) is 0 Å². The Hall–Kier alpha value is -2.97. The lowest BCUT2D eigenvalue weighted by molar-refractivity contribution is -0.142. The number of nitrogens with zero attached hydrogens (tertiary/aromatic N) is 2. The number of aromatic amines is 1. The molecule has 0 radical (unpaired) electrons. The molecule has 3 aromatic rings. The average molecular weight is 489 g/mol. The first-order valence-corrected chi connectivity index (χ1v) is 11.8. The summed E-state index contributed by atoms with van der Waals surface area (Å²) in [4.78, 5) is 34.8. The third-order valence-electron chi connectivity index (χ3n) is 5.12. The van der Waals surface area contributed by atoms with Gasteiger partial charge in [-0.25, -0.2) is 9.78 Å². The Kier molecular flexibility index (Phi) is 10.3. The minimum absolute atomic E-state index is 0. The zero-order chi connectivity index (χ0) is 22.9. The van der Waals surface area contributed by atoms with Crippen molar-refractivity contribution >= 4 is 47.6 Å². The van der Waals surface area contributed by atoms with E-state index in [0.29, 0.717) is 18.5 Å². The topological polar surface area (TPSA) is 87.3 Å². The molecule has 2 aromatic carbocycles. The number of carbonyl (C=O) groups is 2. The van der Waals surface area contributed by atoms with Gasteiger partial charge in [0, 0.05) is 24.0 Å². The molecule has 0 fully saturated rings. The van der Waals surface area contributed by atoms with Crippen LogP contribution < -0.4 is 10.2 Å². The molecule has 0 aliphatic rings. The van der Waals surface area contributed by atoms with Gasteiger partial charge in [-0.1, -0.05) is 30.3 Å². The van der Waals surface area contributed by atoms with Crippen LogP contribution in [0.2, 0.25) is 0 Å². The smallest absolute Gasteiger partial charge is 0.328 e. The number of anilines is 2. The van der Waals surface area contributed by atoms with Gasteiger partial charge in [0.1, 0.15) is 6.04 Å². The van der Waals surface area contributed by atoms with Gasteiger partial charge in [0.25, 0.3) is 5.91 Å². The van der Waals surface area contributed by atoms with Crippen LogP contribution in [-0.2, 0) is 9.53 Å². The van der Waals surface area contributed by atoms with E-state index in [1.807, 2.05) is 61.8 Å². The van der Waals surface area contributed by atoms with Crippen molar-refractivity contribution < 1.29 is 14.3 Å². The zero-order valence-corrected chi connectivity index (χ0v) is 20.5. The average Bonchev–Trinajstić information content (AvgIpc) is 3.36. The van der Waals surface area contributed by atoms with Crippen LogP contribution >= 0.6 is 24.2 Å². The number of rotatable bonds is 10. The van der Waals surface area contributed by atoms with Crippen LogP contribution in [-0.4, -0.2) is 53.5 Å². The molecule has 0 aliphatic carbocycles. The Balaban J connectivity index is 0.00000385. The highest BCUT2D eigenvalue weighted by molar-refractivity contribution is 7.98. The van der Waals surface area contributed by atoms with Crippen LogP contribution in [0.25, 0.3) is 11.1 Å². The third-order valence-corrected chi connectivity index (χ3v) is 5.77. The molecule has 7 nitrogen and oxygen atoms in total. The van der Waals surface area contributed by atoms with Crippen molar-refractivity contribution in [2.24, 2.45) is 0 Å². The molecular formula is C24H29ClN4O3S. The van der Waals surface area contributed by atoms with E-state index < -0.39 is 12.0 Å². The predicted octanol–water partition coefficient (Wildman–Crippen LogP) is 4.68. The van der Waals surface area contributed by atoms with Gasteiger partial charge in [-0.3, -0.25) is 4.79 Å². The number of H-pyrrole nitrogens is 1. The highest BCUT2D eigenvalue weighted by atomic mass is 35.5. The first-order valence-electron chi connectivity index (χ1n) is 10.4. The van der Waals surface area contributed by atoms with Gasteiger partial charge >= 0.3 is 5.97 Å². The molecule has 0 aliphatic heterocycles. The van der Waals surface area contributed by atoms with Crippen molar-refractivity contribution in [2.45, 2.75) is 19.4 Å². The van der Waals surface area contributed by atoms with E-state index in [9.17, 15) is 9.59 Å². The van der Waals surface area contributed by atoms with E-state index in [1.54, 1.807) is 24.2 Å². The number of esters is 1. The minimum atomic E-state index is -0.695. The summed E-state index contributed by atoms with van der Waals surface area (Å²) in [5.74, 6) is 0.779. The molecule has 9 heteroatoms. The van der Waals surface area contributed by atoms with Crippen molar-refractivity contribution in [3.8, 4) is 11.1 Å². The molecule has 0 saturated heterocycles. The molecule has 0 saturated carbocycles. The molecule has 1 atom stereocenters. The number of carbonyl (C=O) groups excluding carboxylic acids is 2. The highest BCUT2D eigenvalue weighted by Gasteiger charge is 2.24. The molecule has 1 amide bonds. The first-order chi connectivity index (χ1) is 15.6. The quantitative estimate of drug-likeness (QED) is 0.403. The van der Waals surface area contributed by atoms with Crippen molar-refractivity contribution in [3.63, 3.8) is 0 Å². The fraction of sp³-hybridized carbons (Fsp3) is 0.292. The number of amides is 1. The van der Waals surface area contributed by atoms with E-state index in [1.165, 1.54) is 7.11 Å². The van der Waals surface area contributed by atoms with Gasteiger partial charge in [0.2, 0.25) is 0 Å². The summed E-state index contributed by atoms with van der Waals surface area (Å²) >= 11 is 1.61. The van der Waals surface area contributed by atoms with Crippen LogP contribution in [0.4, 0.5) is 11.5 Å². The van der Waals surface area contributed by atoms with Gasteiger partial charge in [0.15, 0.2) is 5.82 Å². The number of methoxy groups -OCH3 is 1. The monoisotopic (exact) mass is 488 g/mol. The SMILES string of the molecule is CCN(c1ccc(C(=O)NC(CCSC)C(=O)OC)c(-c2ccccc2)c1)c1c[nH]cn1.Cl. The summed E-state index contributed by atoms with van der Waals surface area (Å²) < 4.78 is 4.89. The third kappa shape index (κ3) is 6.52. The first kappa shape index (κ1) is 26.3. The van der Waals surface area contributed by atoms with E-state index in [0.717, 1.165) is 28.4 Å². The molecular weight excluding hydrogens is 460 g/mol. The molecule has 33 heavy (non-hydrogen) atoms. The fourth-order valence-corrected chi connectivity index (χ4v) is 3.97. The standard InChI is InChI=1S/C24H28N4O3S.ClH/c1-4-28(22-15-25-16-26-22)18-10-11-19(20(14-18)17-8-6-5-7-9-17)23(29)27-21(12-13-32-3)24(30)31-2;/h5-11,14-16,21H,4,12-13H2,1-3H3,(H,25,26)(H,27,29);1H. The number of halogens is 1. The van der Waals surface area contributed by atoms with Crippen molar-refractivity contribution in [1.82, 2.24) is 15.3 Å². The van der Waals surface area contributed by atoms with Gasteiger partial charge in [0.05, 0.1) is 13.4 Å². The Morgan fingerprint density at radius 3 is 2.58 bits per heavy atom. The normalized spacial score (nSPS) is 11.2. The molecule has 0 spiro atoms. The second-order valence-corrected chi connectivity index (χ2v) is 8.08. The Morgan fingerprint density at radius 2 is 1.97 bits per heavy atom. The molecule has 2 N–H and O–H groups in total. The fourth-order valence-electron chi connectivity index (χ4n) is 3.49. The molecule has 176 valence electrons. The number of ether oxygens (including phenoxy) is 1. The molecule has 0 bridgehead atoms. The lowest BCUT2D eigenvalue weighted by Gasteiger charge is -2.23. The number of nitrogens with one attached hydrogen (secondary N) is 2. The molecule has 1 aromatic heterocycles. The van der Waals surface area contributed by atoms with Crippen LogP contribution in [0, 0.1) is 0 Å². The number of hydrogen-bond donors (Lipinski definition) is 2. The number of aromatic nitrogens is 2. The highest BCUT2D eigenvalue weighted by Crippen LogP contribution is 2.31. The molecule has 1 heterocycles. The van der Waals surface area contributed by atoms with Gasteiger partial charge in [-0.05, 0) is 54.7 Å². The lowest BCUT2D eigenvalue weighted by atomic mass is 9.97. The Labute approximate surface area is 204 Å². The Morgan fingerprint density at radius 1 is 1.21 bits per heavy atom. The molecule has 1 unspecified atom stereocenters. The minimum Gasteiger partial charge on any atom is -0.467 e. The maximum atomic E-state index is 13.3. The number of imidazole rings is 1. The van der Waals surface area contributed by atoms with E-state index in [-0.39, 0.29) is 18.3 Å². The number of hydrogen-bond acceptors (Lipinski definition) is 6. The number of benzene rings is 2. The van der Waals surface area contributed by atoms with Gasteiger partial charge in [-0.15, -0.1) is 12.4 Å². The summed E-state index contributed by atoms with van der Waals surface area (Å²) in [6.07, 6.45) is 5.93. The second-order valence-electron chi connectivity index (χ2n) is 7.10. The maximum Gasteiger partial charge on any atom is 0.328 e. The van der Waals surface area contributed by atoms with E-state index >= 15 is 0 Å². The van der Waals surface area contributed by atoms with Crippen molar-refractivity contribution in [3.05, 3.63) is 66.6 Å². The summed E-state index contributed by atoms with van der Waals surface area (Å²) in [6.45, 7) is 2.76. The summed E-state index contributed by atoms with van der Waals surface area (Å²) in [5, 5.41) is 2.86. The van der Waals surface area contributed by atoms with Crippen LogP contribution in [0.15, 0.2) is 61.1 Å². The summed E-state index contributed by atoms with van der Waals surface area (Å²) in [7, 11) is 1.33. The summed E-state index contributed by atoms with van der Waals surface area (Å²) in [5.41, 5.74) is 3.11. The molecule has 3 rings (SSSR count).